The summed E-state index contributed by atoms with van der Waals surface area (Å²) in [5.41, 5.74) is 1.86. The van der Waals surface area contributed by atoms with Crippen LogP contribution in [0, 0.1) is 5.82 Å². The monoisotopic (exact) mass is 348 g/mol. The predicted octanol–water partition coefficient (Wildman–Crippen LogP) is 2.41. The van der Waals surface area contributed by atoms with E-state index in [1.165, 1.54) is 22.6 Å². The van der Waals surface area contributed by atoms with E-state index in [1.807, 2.05) is 24.3 Å². The van der Waals surface area contributed by atoms with Gasteiger partial charge in [0.1, 0.15) is 12.4 Å². The lowest BCUT2D eigenvalue weighted by atomic mass is 10.2. The summed E-state index contributed by atoms with van der Waals surface area (Å²) in [6, 6.07) is 13.6. The minimum absolute atomic E-state index is 0.132. The maximum atomic E-state index is 12.9. The lowest BCUT2D eigenvalue weighted by molar-refractivity contribution is -0.917. The molecular formula is C18H20ClFN3O+. The molecule has 0 aromatic heterocycles. The average Bonchev–Trinajstić information content (AvgIpc) is 2.59. The first-order valence-electron chi connectivity index (χ1n) is 8.00. The fourth-order valence-electron chi connectivity index (χ4n) is 2.83. The molecule has 126 valence electrons. The molecule has 0 spiro atoms. The van der Waals surface area contributed by atoms with Crippen LogP contribution < -0.4 is 10.2 Å². The van der Waals surface area contributed by atoms with E-state index >= 15 is 0 Å². The topological polar surface area (TPSA) is 36.8 Å². The molecule has 1 aliphatic rings. The number of amides is 2. The largest absolute Gasteiger partial charge is 0.328 e. The first-order valence-corrected chi connectivity index (χ1v) is 8.37. The van der Waals surface area contributed by atoms with E-state index in [0.717, 1.165) is 24.7 Å². The fourth-order valence-corrected chi connectivity index (χ4v) is 2.96. The molecule has 1 saturated heterocycles. The Bertz CT molecular complexity index is 682. The fraction of sp³-hybridized carbons (Fsp3) is 0.278. The molecule has 1 aliphatic heterocycles. The zero-order valence-corrected chi connectivity index (χ0v) is 14.0. The Labute approximate surface area is 145 Å². The van der Waals surface area contributed by atoms with Crippen LogP contribution in [-0.4, -0.2) is 37.1 Å². The number of benzene rings is 2. The highest BCUT2D eigenvalue weighted by atomic mass is 35.5. The van der Waals surface area contributed by atoms with Gasteiger partial charge in [-0.3, -0.25) is 0 Å². The van der Waals surface area contributed by atoms with Crippen molar-refractivity contribution >= 4 is 23.3 Å². The van der Waals surface area contributed by atoms with Crippen LogP contribution in [0.25, 0.3) is 0 Å². The third-order valence-electron chi connectivity index (χ3n) is 4.22. The van der Waals surface area contributed by atoms with Crippen LogP contribution in [0.15, 0.2) is 48.5 Å². The van der Waals surface area contributed by atoms with Gasteiger partial charge in [0, 0.05) is 16.3 Å². The molecule has 0 atom stereocenters. The van der Waals surface area contributed by atoms with E-state index in [1.54, 1.807) is 17.0 Å². The van der Waals surface area contributed by atoms with E-state index in [9.17, 15) is 9.18 Å². The Morgan fingerprint density at radius 1 is 1.08 bits per heavy atom. The van der Waals surface area contributed by atoms with Crippen LogP contribution in [0.3, 0.4) is 0 Å². The molecule has 24 heavy (non-hydrogen) atoms. The number of urea groups is 1. The zero-order valence-electron chi connectivity index (χ0n) is 13.3. The number of rotatable bonds is 3. The second kappa shape index (κ2) is 7.64. The number of anilines is 1. The standard InChI is InChI=1S/C18H19ClFN3O/c19-15-3-1-14(2-4-15)13-22-9-11-23(12-10-22)18(24)21-17-7-5-16(20)6-8-17/h1-8H,9-13H2,(H,21,24)/p+1. The molecule has 3 rings (SSSR count). The highest BCUT2D eigenvalue weighted by Crippen LogP contribution is 2.10. The van der Waals surface area contributed by atoms with E-state index in [2.05, 4.69) is 5.32 Å². The first kappa shape index (κ1) is 16.7. The van der Waals surface area contributed by atoms with Gasteiger partial charge in [-0.1, -0.05) is 23.7 Å². The molecule has 0 aliphatic carbocycles. The van der Waals surface area contributed by atoms with Crippen molar-refractivity contribution < 1.29 is 14.1 Å². The van der Waals surface area contributed by atoms with Crippen LogP contribution in [0.1, 0.15) is 5.56 Å². The smallest absolute Gasteiger partial charge is 0.322 e. The maximum Gasteiger partial charge on any atom is 0.322 e. The summed E-state index contributed by atoms with van der Waals surface area (Å²) in [5.74, 6) is -0.313. The van der Waals surface area contributed by atoms with Crippen LogP contribution >= 0.6 is 11.6 Å². The second-order valence-corrected chi connectivity index (χ2v) is 6.41. The number of hydrogen-bond donors (Lipinski definition) is 2. The molecule has 0 unspecified atom stereocenters. The van der Waals surface area contributed by atoms with Gasteiger partial charge in [0.05, 0.1) is 26.2 Å². The predicted molar refractivity (Wildman–Crippen MR) is 92.8 cm³/mol. The number of carbonyl (C=O) groups is 1. The van der Waals surface area contributed by atoms with Crippen molar-refractivity contribution in [2.45, 2.75) is 6.54 Å². The van der Waals surface area contributed by atoms with Crippen molar-refractivity contribution in [3.63, 3.8) is 0 Å². The van der Waals surface area contributed by atoms with Gasteiger partial charge in [-0.15, -0.1) is 0 Å². The molecule has 1 heterocycles. The highest BCUT2D eigenvalue weighted by Gasteiger charge is 2.23. The number of halogens is 2. The van der Waals surface area contributed by atoms with Crippen LogP contribution in [0.2, 0.25) is 5.02 Å². The Hall–Kier alpha value is -2.11. The van der Waals surface area contributed by atoms with Gasteiger partial charge >= 0.3 is 6.03 Å². The number of hydrogen-bond acceptors (Lipinski definition) is 1. The first-order chi connectivity index (χ1) is 11.6. The SMILES string of the molecule is O=C(Nc1ccc(F)cc1)N1CC[NH+](Cc2ccc(Cl)cc2)CC1. The molecule has 0 radical (unpaired) electrons. The summed E-state index contributed by atoms with van der Waals surface area (Å²) in [6.07, 6.45) is 0. The number of nitrogens with zero attached hydrogens (tertiary/aromatic N) is 1. The molecule has 2 aromatic rings. The summed E-state index contributed by atoms with van der Waals surface area (Å²) in [5, 5.41) is 3.55. The molecule has 2 aromatic carbocycles. The lowest BCUT2D eigenvalue weighted by Crippen LogP contribution is -3.13. The molecule has 4 nitrogen and oxygen atoms in total. The Balaban J connectivity index is 1.48. The van der Waals surface area contributed by atoms with E-state index < -0.39 is 0 Å². The Morgan fingerprint density at radius 2 is 1.71 bits per heavy atom. The van der Waals surface area contributed by atoms with Gasteiger partial charge in [0.2, 0.25) is 0 Å². The van der Waals surface area contributed by atoms with Gasteiger partial charge in [-0.2, -0.15) is 0 Å². The van der Waals surface area contributed by atoms with Gasteiger partial charge in [-0.25, -0.2) is 9.18 Å². The summed E-state index contributed by atoms with van der Waals surface area (Å²) >= 11 is 5.90. The quantitative estimate of drug-likeness (QED) is 0.878. The molecular weight excluding hydrogens is 329 g/mol. The second-order valence-electron chi connectivity index (χ2n) is 5.98. The van der Waals surface area contributed by atoms with Gasteiger partial charge in [0.25, 0.3) is 0 Å². The average molecular weight is 349 g/mol. The highest BCUT2D eigenvalue weighted by molar-refractivity contribution is 6.30. The van der Waals surface area contributed by atoms with Crippen molar-refractivity contribution in [2.24, 2.45) is 0 Å². The zero-order chi connectivity index (χ0) is 16.9. The third-order valence-corrected chi connectivity index (χ3v) is 4.47. The Morgan fingerprint density at radius 3 is 2.33 bits per heavy atom. The molecule has 6 heteroatoms. The van der Waals surface area contributed by atoms with E-state index in [0.29, 0.717) is 18.8 Å². The minimum Gasteiger partial charge on any atom is -0.328 e. The molecule has 1 fully saturated rings. The lowest BCUT2D eigenvalue weighted by Gasteiger charge is -2.32. The number of carbonyl (C=O) groups excluding carboxylic acids is 1. The molecule has 0 saturated carbocycles. The number of nitrogens with one attached hydrogen (secondary N) is 2. The van der Waals surface area contributed by atoms with E-state index in [-0.39, 0.29) is 11.8 Å². The summed E-state index contributed by atoms with van der Waals surface area (Å²) in [6.45, 7) is 4.15. The van der Waals surface area contributed by atoms with Crippen molar-refractivity contribution in [1.29, 1.82) is 0 Å². The third kappa shape index (κ3) is 4.46. The number of piperazine rings is 1. The van der Waals surface area contributed by atoms with Crippen molar-refractivity contribution in [1.82, 2.24) is 4.90 Å². The Kier molecular flexibility index (Phi) is 5.33. The van der Waals surface area contributed by atoms with Crippen LogP contribution in [0.4, 0.5) is 14.9 Å². The van der Waals surface area contributed by atoms with Crippen molar-refractivity contribution in [3.8, 4) is 0 Å². The van der Waals surface area contributed by atoms with Crippen LogP contribution in [0.5, 0.6) is 0 Å². The maximum absolute atomic E-state index is 12.9. The van der Waals surface area contributed by atoms with E-state index in [4.69, 9.17) is 11.6 Å². The van der Waals surface area contributed by atoms with Crippen molar-refractivity contribution in [2.75, 3.05) is 31.5 Å². The van der Waals surface area contributed by atoms with Crippen LogP contribution in [-0.2, 0) is 6.54 Å². The molecule has 0 bridgehead atoms. The summed E-state index contributed by atoms with van der Waals surface area (Å²) in [4.78, 5) is 15.5. The van der Waals surface area contributed by atoms with Gasteiger partial charge in [-0.05, 0) is 36.4 Å². The molecule has 2 N–H and O–H groups in total. The van der Waals surface area contributed by atoms with Crippen molar-refractivity contribution in [3.05, 3.63) is 64.9 Å². The minimum atomic E-state index is -0.313. The van der Waals surface area contributed by atoms with Gasteiger partial charge in [0.15, 0.2) is 0 Å². The summed E-state index contributed by atoms with van der Waals surface area (Å²) < 4.78 is 12.9. The normalized spacial score (nSPS) is 15.3. The number of quaternary nitrogens is 1. The summed E-state index contributed by atoms with van der Waals surface area (Å²) in [7, 11) is 0. The van der Waals surface area contributed by atoms with Gasteiger partial charge < -0.3 is 15.1 Å². The molecule has 2 amide bonds.